The van der Waals surface area contributed by atoms with Crippen molar-refractivity contribution in [1.82, 2.24) is 0 Å². The SMILES string of the molecule is CC(C)CC=CC(O)C1C=CCCC1. The predicted molar refractivity (Wildman–Crippen MR) is 61.1 cm³/mol. The van der Waals surface area contributed by atoms with Gasteiger partial charge in [-0.1, -0.05) is 38.2 Å². The summed E-state index contributed by atoms with van der Waals surface area (Å²) >= 11 is 0. The molecule has 0 aromatic rings. The van der Waals surface area contributed by atoms with Gasteiger partial charge in [0.2, 0.25) is 0 Å². The third kappa shape index (κ3) is 4.10. The Morgan fingerprint density at radius 1 is 1.50 bits per heavy atom. The second-order valence-corrected chi connectivity index (χ2v) is 4.57. The van der Waals surface area contributed by atoms with Crippen molar-refractivity contribution in [3.63, 3.8) is 0 Å². The molecule has 0 aliphatic heterocycles. The van der Waals surface area contributed by atoms with Crippen LogP contribution in [0.3, 0.4) is 0 Å². The summed E-state index contributed by atoms with van der Waals surface area (Å²) in [6.45, 7) is 4.38. The Labute approximate surface area is 87.5 Å². The van der Waals surface area contributed by atoms with Crippen molar-refractivity contribution in [3.8, 4) is 0 Å². The molecule has 0 radical (unpaired) electrons. The molecular formula is C13H22O. The fraction of sp³-hybridized carbons (Fsp3) is 0.692. The molecule has 1 heteroatoms. The van der Waals surface area contributed by atoms with Crippen LogP contribution in [-0.4, -0.2) is 11.2 Å². The molecule has 14 heavy (non-hydrogen) atoms. The lowest BCUT2D eigenvalue weighted by Crippen LogP contribution is -2.17. The fourth-order valence-corrected chi connectivity index (χ4v) is 1.76. The van der Waals surface area contributed by atoms with Crippen LogP contribution in [0.25, 0.3) is 0 Å². The molecule has 80 valence electrons. The number of aliphatic hydroxyl groups is 1. The lowest BCUT2D eigenvalue weighted by Gasteiger charge is -2.19. The molecule has 1 N–H and O–H groups in total. The minimum absolute atomic E-state index is 0.273. The Morgan fingerprint density at radius 3 is 2.86 bits per heavy atom. The topological polar surface area (TPSA) is 20.2 Å². The maximum atomic E-state index is 9.85. The third-order valence-electron chi connectivity index (χ3n) is 2.67. The molecule has 0 aromatic heterocycles. The average molecular weight is 194 g/mol. The summed E-state index contributed by atoms with van der Waals surface area (Å²) in [5.74, 6) is 1.03. The minimum Gasteiger partial charge on any atom is -0.388 e. The van der Waals surface area contributed by atoms with Gasteiger partial charge in [-0.25, -0.2) is 0 Å². The number of hydrogen-bond acceptors (Lipinski definition) is 1. The molecule has 1 nitrogen and oxygen atoms in total. The summed E-state index contributed by atoms with van der Waals surface area (Å²) in [4.78, 5) is 0. The van der Waals surface area contributed by atoms with Crippen LogP contribution in [0, 0.1) is 11.8 Å². The van der Waals surface area contributed by atoms with Crippen LogP contribution in [0.1, 0.15) is 39.5 Å². The van der Waals surface area contributed by atoms with Crippen molar-refractivity contribution in [2.24, 2.45) is 11.8 Å². The molecular weight excluding hydrogens is 172 g/mol. The maximum absolute atomic E-state index is 9.85. The zero-order valence-electron chi connectivity index (χ0n) is 9.32. The van der Waals surface area contributed by atoms with Gasteiger partial charge in [0.25, 0.3) is 0 Å². The van der Waals surface area contributed by atoms with Crippen LogP contribution in [0.5, 0.6) is 0 Å². The van der Waals surface area contributed by atoms with E-state index in [9.17, 15) is 5.11 Å². The summed E-state index contributed by atoms with van der Waals surface area (Å²) in [5.41, 5.74) is 0. The molecule has 0 amide bonds. The lowest BCUT2D eigenvalue weighted by molar-refractivity contribution is 0.167. The predicted octanol–water partition coefficient (Wildman–Crippen LogP) is 3.31. The van der Waals surface area contributed by atoms with Crippen LogP contribution >= 0.6 is 0 Å². The summed E-state index contributed by atoms with van der Waals surface area (Å²) in [6.07, 6.45) is 12.7. The van der Waals surface area contributed by atoms with Gasteiger partial charge in [-0.3, -0.25) is 0 Å². The molecule has 0 heterocycles. The van der Waals surface area contributed by atoms with Gasteiger partial charge in [0, 0.05) is 5.92 Å². The number of aliphatic hydroxyl groups excluding tert-OH is 1. The van der Waals surface area contributed by atoms with E-state index in [1.165, 1.54) is 12.8 Å². The quantitative estimate of drug-likeness (QED) is 0.681. The molecule has 0 spiro atoms. The normalized spacial score (nSPS) is 24.7. The van der Waals surface area contributed by atoms with E-state index in [-0.39, 0.29) is 6.10 Å². The van der Waals surface area contributed by atoms with Crippen LogP contribution in [0.15, 0.2) is 24.3 Å². The van der Waals surface area contributed by atoms with E-state index in [0.29, 0.717) is 11.8 Å². The zero-order valence-corrected chi connectivity index (χ0v) is 9.32. The molecule has 0 bridgehead atoms. The molecule has 2 unspecified atom stereocenters. The van der Waals surface area contributed by atoms with Crippen molar-refractivity contribution >= 4 is 0 Å². The van der Waals surface area contributed by atoms with Gasteiger partial charge in [0.05, 0.1) is 6.10 Å². The number of hydrogen-bond donors (Lipinski definition) is 1. The first kappa shape index (κ1) is 11.5. The Kier molecular flexibility index (Phi) is 4.95. The Morgan fingerprint density at radius 2 is 2.29 bits per heavy atom. The molecule has 2 atom stereocenters. The fourth-order valence-electron chi connectivity index (χ4n) is 1.76. The molecule has 0 aromatic carbocycles. The Bertz CT molecular complexity index is 203. The van der Waals surface area contributed by atoms with E-state index in [4.69, 9.17) is 0 Å². The first-order valence-electron chi connectivity index (χ1n) is 5.71. The van der Waals surface area contributed by atoms with E-state index in [2.05, 4.69) is 32.1 Å². The maximum Gasteiger partial charge on any atom is 0.0783 e. The average Bonchev–Trinajstić information content (AvgIpc) is 2.18. The van der Waals surface area contributed by atoms with E-state index < -0.39 is 0 Å². The van der Waals surface area contributed by atoms with Crippen LogP contribution in [0.2, 0.25) is 0 Å². The van der Waals surface area contributed by atoms with Crippen molar-refractivity contribution in [1.29, 1.82) is 0 Å². The van der Waals surface area contributed by atoms with Gasteiger partial charge in [0.15, 0.2) is 0 Å². The standard InChI is InChI=1S/C13H22O/c1-11(2)7-6-10-13(14)12-8-4-3-5-9-12/h4,6,8,10-14H,3,5,7,9H2,1-2H3. The molecule has 0 saturated heterocycles. The van der Waals surface area contributed by atoms with Gasteiger partial charge in [-0.15, -0.1) is 0 Å². The molecule has 0 saturated carbocycles. The van der Waals surface area contributed by atoms with Gasteiger partial charge in [-0.2, -0.15) is 0 Å². The second kappa shape index (κ2) is 6.02. The van der Waals surface area contributed by atoms with Crippen molar-refractivity contribution in [3.05, 3.63) is 24.3 Å². The molecule has 1 rings (SSSR count). The highest BCUT2D eigenvalue weighted by molar-refractivity contribution is 5.02. The zero-order chi connectivity index (χ0) is 10.4. The summed E-state index contributed by atoms with van der Waals surface area (Å²) in [6, 6.07) is 0. The van der Waals surface area contributed by atoms with Crippen molar-refractivity contribution in [2.75, 3.05) is 0 Å². The third-order valence-corrected chi connectivity index (χ3v) is 2.67. The Hall–Kier alpha value is -0.560. The smallest absolute Gasteiger partial charge is 0.0783 e. The first-order valence-corrected chi connectivity index (χ1v) is 5.71. The highest BCUT2D eigenvalue weighted by Crippen LogP contribution is 2.21. The number of rotatable bonds is 4. The van der Waals surface area contributed by atoms with Crippen LogP contribution in [0.4, 0.5) is 0 Å². The largest absolute Gasteiger partial charge is 0.388 e. The summed E-state index contributed by atoms with van der Waals surface area (Å²) in [5, 5.41) is 9.85. The highest BCUT2D eigenvalue weighted by atomic mass is 16.3. The van der Waals surface area contributed by atoms with Gasteiger partial charge >= 0.3 is 0 Å². The second-order valence-electron chi connectivity index (χ2n) is 4.57. The molecule has 1 aliphatic rings. The highest BCUT2D eigenvalue weighted by Gasteiger charge is 2.14. The first-order chi connectivity index (χ1) is 6.70. The lowest BCUT2D eigenvalue weighted by atomic mass is 9.90. The van der Waals surface area contributed by atoms with Crippen LogP contribution < -0.4 is 0 Å². The van der Waals surface area contributed by atoms with E-state index in [1.54, 1.807) is 0 Å². The van der Waals surface area contributed by atoms with Gasteiger partial charge < -0.3 is 5.11 Å². The monoisotopic (exact) mass is 194 g/mol. The van der Waals surface area contributed by atoms with Crippen LogP contribution in [-0.2, 0) is 0 Å². The summed E-state index contributed by atoms with van der Waals surface area (Å²) in [7, 11) is 0. The minimum atomic E-state index is -0.273. The van der Waals surface area contributed by atoms with Crippen molar-refractivity contribution in [2.45, 2.75) is 45.6 Å². The molecule has 0 fully saturated rings. The van der Waals surface area contributed by atoms with E-state index in [0.717, 1.165) is 12.8 Å². The summed E-state index contributed by atoms with van der Waals surface area (Å²) < 4.78 is 0. The van der Waals surface area contributed by atoms with E-state index >= 15 is 0 Å². The number of allylic oxidation sites excluding steroid dienone is 2. The van der Waals surface area contributed by atoms with E-state index in [1.807, 2.05) is 6.08 Å². The molecule has 1 aliphatic carbocycles. The van der Waals surface area contributed by atoms with Gasteiger partial charge in [-0.05, 0) is 31.6 Å². The Balaban J connectivity index is 2.32. The van der Waals surface area contributed by atoms with Gasteiger partial charge in [0.1, 0.15) is 0 Å². The van der Waals surface area contributed by atoms with Crippen molar-refractivity contribution < 1.29 is 5.11 Å².